The van der Waals surface area contributed by atoms with Crippen LogP contribution in [0.4, 0.5) is 11.4 Å². The third-order valence-electron chi connectivity index (χ3n) is 5.14. The number of hydrogen-bond acceptors (Lipinski definition) is 5. The minimum absolute atomic E-state index is 0.191. The highest BCUT2D eigenvalue weighted by molar-refractivity contribution is 6.06. The van der Waals surface area contributed by atoms with Crippen LogP contribution in [0.25, 0.3) is 5.69 Å². The van der Waals surface area contributed by atoms with E-state index in [9.17, 15) is 14.9 Å². The number of nitro benzene ring substituents is 1. The van der Waals surface area contributed by atoms with Crippen LogP contribution in [0.5, 0.6) is 11.5 Å². The lowest BCUT2D eigenvalue weighted by molar-refractivity contribution is -0.384. The number of nitrogens with one attached hydrogen (secondary N) is 1. The van der Waals surface area contributed by atoms with Crippen LogP contribution in [-0.2, 0) is 0 Å². The Morgan fingerprint density at radius 1 is 0.970 bits per heavy atom. The van der Waals surface area contributed by atoms with Gasteiger partial charge in [0.1, 0.15) is 11.5 Å². The van der Waals surface area contributed by atoms with Gasteiger partial charge >= 0.3 is 0 Å². The van der Waals surface area contributed by atoms with Crippen LogP contribution in [0.15, 0.2) is 72.8 Å². The van der Waals surface area contributed by atoms with Gasteiger partial charge in [0.05, 0.1) is 39.3 Å². The highest BCUT2D eigenvalue weighted by Crippen LogP contribution is 2.30. The maximum Gasteiger partial charge on any atom is 0.275 e. The quantitative estimate of drug-likeness (QED) is 0.303. The first-order valence-electron chi connectivity index (χ1n) is 10.3. The van der Waals surface area contributed by atoms with Crippen molar-refractivity contribution in [3.63, 3.8) is 0 Å². The summed E-state index contributed by atoms with van der Waals surface area (Å²) in [5.41, 5.74) is 3.59. The van der Waals surface area contributed by atoms with Crippen LogP contribution in [0.2, 0.25) is 0 Å². The summed E-state index contributed by atoms with van der Waals surface area (Å²) >= 11 is 0. The number of aryl methyl sites for hydroxylation is 2. The van der Waals surface area contributed by atoms with Gasteiger partial charge in [-0.15, -0.1) is 0 Å². The van der Waals surface area contributed by atoms with E-state index in [4.69, 9.17) is 4.74 Å². The molecule has 33 heavy (non-hydrogen) atoms. The van der Waals surface area contributed by atoms with Crippen LogP contribution in [0.3, 0.4) is 0 Å². The molecule has 3 aromatic carbocycles. The van der Waals surface area contributed by atoms with Gasteiger partial charge in [0.2, 0.25) is 0 Å². The second-order valence-corrected chi connectivity index (χ2v) is 7.64. The molecule has 0 radical (unpaired) electrons. The third kappa shape index (κ3) is 4.74. The molecule has 0 saturated carbocycles. The van der Waals surface area contributed by atoms with Gasteiger partial charge in [-0.3, -0.25) is 14.9 Å². The summed E-state index contributed by atoms with van der Waals surface area (Å²) in [5, 5.41) is 18.7. The summed E-state index contributed by atoms with van der Waals surface area (Å²) in [4.78, 5) is 24.0. The predicted octanol–water partition coefficient (Wildman–Crippen LogP) is 5.75. The Bertz CT molecular complexity index is 1330. The van der Waals surface area contributed by atoms with E-state index in [1.807, 2.05) is 49.4 Å². The SMILES string of the molecule is Cc1ccc(Oc2cc(NC(=O)c3c(C)nn(-c4ccccc4)c3C)cc([N+](=O)[O-])c2)cc1. The highest BCUT2D eigenvalue weighted by atomic mass is 16.6. The number of hydrogen-bond donors (Lipinski definition) is 1. The molecule has 4 rings (SSSR count). The van der Waals surface area contributed by atoms with Gasteiger partial charge in [-0.25, -0.2) is 4.68 Å². The zero-order valence-corrected chi connectivity index (χ0v) is 18.4. The average molecular weight is 442 g/mol. The van der Waals surface area contributed by atoms with E-state index in [1.165, 1.54) is 12.1 Å². The molecule has 1 aromatic heterocycles. The molecule has 0 unspecified atom stereocenters. The first-order chi connectivity index (χ1) is 15.8. The number of amides is 1. The summed E-state index contributed by atoms with van der Waals surface area (Å²) in [6.07, 6.45) is 0. The number of non-ortho nitro benzene ring substituents is 1. The van der Waals surface area contributed by atoms with E-state index >= 15 is 0 Å². The van der Waals surface area contributed by atoms with E-state index < -0.39 is 10.8 Å². The first kappa shape index (κ1) is 21.8. The van der Waals surface area contributed by atoms with Crippen LogP contribution in [0, 0.1) is 30.9 Å². The smallest absolute Gasteiger partial charge is 0.275 e. The number of aromatic nitrogens is 2. The minimum atomic E-state index is -0.526. The fourth-order valence-corrected chi connectivity index (χ4v) is 3.55. The Morgan fingerprint density at radius 3 is 2.33 bits per heavy atom. The minimum Gasteiger partial charge on any atom is -0.457 e. The molecule has 0 fully saturated rings. The zero-order valence-electron chi connectivity index (χ0n) is 18.4. The number of nitro groups is 1. The van der Waals surface area contributed by atoms with Gasteiger partial charge < -0.3 is 10.1 Å². The van der Waals surface area contributed by atoms with Gasteiger partial charge in [0.25, 0.3) is 11.6 Å². The molecule has 8 heteroatoms. The van der Waals surface area contributed by atoms with E-state index in [2.05, 4.69) is 10.4 Å². The Labute approximate surface area is 190 Å². The van der Waals surface area contributed by atoms with Gasteiger partial charge in [0.15, 0.2) is 0 Å². The average Bonchev–Trinajstić information content (AvgIpc) is 3.09. The number of carbonyl (C=O) groups is 1. The number of rotatable bonds is 6. The maximum atomic E-state index is 13.1. The lowest BCUT2D eigenvalue weighted by Gasteiger charge is -2.10. The third-order valence-corrected chi connectivity index (χ3v) is 5.14. The topological polar surface area (TPSA) is 99.3 Å². The van der Waals surface area contributed by atoms with Crippen molar-refractivity contribution in [2.75, 3.05) is 5.32 Å². The van der Waals surface area contributed by atoms with Crippen LogP contribution >= 0.6 is 0 Å². The van der Waals surface area contributed by atoms with Crippen LogP contribution in [-0.4, -0.2) is 20.6 Å². The zero-order chi connectivity index (χ0) is 23.5. The van der Waals surface area contributed by atoms with Gasteiger partial charge in [-0.2, -0.15) is 5.10 Å². The molecule has 0 spiro atoms. The first-order valence-corrected chi connectivity index (χ1v) is 10.3. The monoisotopic (exact) mass is 442 g/mol. The Balaban J connectivity index is 1.64. The van der Waals surface area contributed by atoms with E-state index in [0.29, 0.717) is 22.7 Å². The molecule has 0 bridgehead atoms. The molecule has 0 saturated heterocycles. The molecule has 1 amide bonds. The molecular weight excluding hydrogens is 420 g/mol. The number of para-hydroxylation sites is 1. The molecular formula is C25H22N4O4. The van der Waals surface area contributed by atoms with Crippen molar-refractivity contribution in [3.05, 3.63) is 105 Å². The van der Waals surface area contributed by atoms with E-state index in [1.54, 1.807) is 36.7 Å². The van der Waals surface area contributed by atoms with Crippen molar-refractivity contribution in [2.24, 2.45) is 0 Å². The number of benzene rings is 3. The summed E-state index contributed by atoms with van der Waals surface area (Å²) in [7, 11) is 0. The Hall–Kier alpha value is -4.46. The summed E-state index contributed by atoms with van der Waals surface area (Å²) in [5.74, 6) is 0.375. The second-order valence-electron chi connectivity index (χ2n) is 7.64. The molecule has 1 heterocycles. The largest absolute Gasteiger partial charge is 0.457 e. The molecule has 8 nitrogen and oxygen atoms in total. The van der Waals surface area contributed by atoms with E-state index in [0.717, 1.165) is 11.3 Å². The van der Waals surface area contributed by atoms with Crippen molar-refractivity contribution >= 4 is 17.3 Å². The van der Waals surface area contributed by atoms with Gasteiger partial charge in [0, 0.05) is 12.1 Å². The highest BCUT2D eigenvalue weighted by Gasteiger charge is 2.21. The molecule has 166 valence electrons. The molecule has 0 aliphatic heterocycles. The number of anilines is 1. The van der Waals surface area contributed by atoms with E-state index in [-0.39, 0.29) is 17.1 Å². The molecule has 0 atom stereocenters. The van der Waals surface area contributed by atoms with Crippen molar-refractivity contribution in [2.45, 2.75) is 20.8 Å². The Morgan fingerprint density at radius 2 is 1.67 bits per heavy atom. The number of ether oxygens (including phenoxy) is 1. The lowest BCUT2D eigenvalue weighted by Crippen LogP contribution is -2.14. The summed E-state index contributed by atoms with van der Waals surface area (Å²) in [6.45, 7) is 5.51. The maximum absolute atomic E-state index is 13.1. The van der Waals surface area contributed by atoms with Crippen LogP contribution in [0.1, 0.15) is 27.3 Å². The fourth-order valence-electron chi connectivity index (χ4n) is 3.55. The van der Waals surface area contributed by atoms with Gasteiger partial charge in [-0.05, 0) is 45.0 Å². The lowest BCUT2D eigenvalue weighted by atomic mass is 10.1. The van der Waals surface area contributed by atoms with Crippen molar-refractivity contribution in [1.82, 2.24) is 9.78 Å². The van der Waals surface area contributed by atoms with Crippen molar-refractivity contribution in [1.29, 1.82) is 0 Å². The predicted molar refractivity (Wildman–Crippen MR) is 125 cm³/mol. The van der Waals surface area contributed by atoms with Crippen LogP contribution < -0.4 is 10.1 Å². The number of carbonyl (C=O) groups excluding carboxylic acids is 1. The molecule has 1 N–H and O–H groups in total. The Kier molecular flexibility index (Phi) is 5.91. The van der Waals surface area contributed by atoms with Gasteiger partial charge in [-0.1, -0.05) is 35.9 Å². The standard InChI is InChI=1S/C25H22N4O4/c1-16-9-11-22(12-10-16)33-23-14-19(13-21(15-23)29(31)32)26-25(30)24-17(2)27-28(18(24)3)20-7-5-4-6-8-20/h4-15H,1-3H3,(H,26,30). The molecule has 0 aliphatic carbocycles. The fraction of sp³-hybridized carbons (Fsp3) is 0.120. The van der Waals surface area contributed by atoms with Crippen molar-refractivity contribution in [3.8, 4) is 17.2 Å². The normalized spacial score (nSPS) is 10.6. The second kappa shape index (κ2) is 8.96. The summed E-state index contributed by atoms with van der Waals surface area (Å²) < 4.78 is 7.49. The van der Waals surface area contributed by atoms with Crippen molar-refractivity contribution < 1.29 is 14.5 Å². The number of nitrogens with zero attached hydrogens (tertiary/aromatic N) is 3. The molecule has 0 aliphatic rings. The summed E-state index contributed by atoms with van der Waals surface area (Å²) in [6, 6.07) is 21.0. The molecule has 4 aromatic rings.